The Hall–Kier alpha value is -1.31. The minimum absolute atomic E-state index is 0.000223. The van der Waals surface area contributed by atoms with Gasteiger partial charge in [-0.1, -0.05) is 0 Å². The topological polar surface area (TPSA) is 67.8 Å². The molecule has 0 fully saturated rings. The van der Waals surface area contributed by atoms with Crippen LogP contribution in [0.4, 0.5) is 0 Å². The molecule has 0 spiro atoms. The van der Waals surface area contributed by atoms with Gasteiger partial charge in [0, 0.05) is 16.2 Å². The largest absolute Gasteiger partial charge is 0.544 e. The molecule has 1 aromatic rings. The molecule has 2 rings (SSSR count). The number of carbonyl (C=O) groups excluding carboxylic acids is 1. The van der Waals surface area contributed by atoms with Crippen LogP contribution in [0.15, 0.2) is 0 Å². The van der Waals surface area contributed by atoms with Gasteiger partial charge in [-0.15, -0.1) is 11.3 Å². The number of aliphatic carboxylic acids is 1. The molecule has 0 saturated carbocycles. The maximum Gasteiger partial charge on any atom is 0.234 e. The van der Waals surface area contributed by atoms with Crippen molar-refractivity contribution in [1.29, 1.82) is 0 Å². The van der Waals surface area contributed by atoms with E-state index >= 15 is 0 Å². The average molecular weight is 329 g/mol. The number of aryl methyl sites for hydroxylation is 2. The van der Waals surface area contributed by atoms with Crippen molar-refractivity contribution in [3.8, 4) is 11.5 Å². The Balaban J connectivity index is 1.75. The highest BCUT2D eigenvalue weighted by Crippen LogP contribution is 2.43. The minimum Gasteiger partial charge on any atom is -0.544 e. The Morgan fingerprint density at radius 1 is 1.36 bits per heavy atom. The molecular weight excluding hydrogens is 306 g/mol. The van der Waals surface area contributed by atoms with Crippen LogP contribution in [0.3, 0.4) is 0 Å². The van der Waals surface area contributed by atoms with Crippen LogP contribution in [-0.2, 0) is 9.53 Å². The van der Waals surface area contributed by atoms with Gasteiger partial charge in [-0.05, 0) is 13.8 Å². The predicted octanol–water partition coefficient (Wildman–Crippen LogP) is 0.695. The molecule has 0 aromatic carbocycles. The van der Waals surface area contributed by atoms with Gasteiger partial charge in [-0.2, -0.15) is 0 Å². The highest BCUT2D eigenvalue weighted by Gasteiger charge is 2.27. The fourth-order valence-corrected chi connectivity index (χ4v) is 3.42. The van der Waals surface area contributed by atoms with Gasteiger partial charge >= 0.3 is 0 Å². The Bertz CT molecular complexity index is 540. The molecule has 0 saturated heterocycles. The van der Waals surface area contributed by atoms with E-state index in [1.165, 1.54) is 0 Å². The highest BCUT2D eigenvalue weighted by molar-refractivity contribution is 7.12. The number of thiophene rings is 1. The van der Waals surface area contributed by atoms with Crippen LogP contribution >= 0.6 is 11.3 Å². The summed E-state index contributed by atoms with van der Waals surface area (Å²) in [5.41, 5.74) is 0. The van der Waals surface area contributed by atoms with Gasteiger partial charge in [0.05, 0.1) is 33.2 Å². The van der Waals surface area contributed by atoms with Crippen molar-refractivity contribution < 1.29 is 28.6 Å². The van der Waals surface area contributed by atoms with Crippen LogP contribution in [0.2, 0.25) is 0 Å². The van der Waals surface area contributed by atoms with E-state index in [1.807, 2.05) is 27.9 Å². The standard InChI is InChI=1S/C15H23NO5S/c1-10-14-15(11(2)22-10)21-13(9-20-14)19-7-5-6-16(3,4)8-12(17)18/h13H,5-9H2,1-4H3. The van der Waals surface area contributed by atoms with Crippen LogP contribution in [0.25, 0.3) is 0 Å². The molecule has 0 bridgehead atoms. The van der Waals surface area contributed by atoms with Gasteiger partial charge in [-0.25, -0.2) is 0 Å². The second-order valence-corrected chi connectivity index (χ2v) is 7.57. The van der Waals surface area contributed by atoms with Crippen LogP contribution < -0.4 is 14.6 Å². The maximum absolute atomic E-state index is 10.7. The minimum atomic E-state index is -1.04. The lowest BCUT2D eigenvalue weighted by atomic mass is 10.3. The fraction of sp³-hybridized carbons (Fsp3) is 0.667. The van der Waals surface area contributed by atoms with Gasteiger partial charge in [0.15, 0.2) is 18.1 Å². The summed E-state index contributed by atoms with van der Waals surface area (Å²) >= 11 is 1.65. The summed E-state index contributed by atoms with van der Waals surface area (Å²) in [6.07, 6.45) is 0.339. The van der Waals surface area contributed by atoms with Crippen molar-refractivity contribution in [3.05, 3.63) is 9.75 Å². The summed E-state index contributed by atoms with van der Waals surface area (Å²) in [5, 5.41) is 10.7. The third-order valence-electron chi connectivity index (χ3n) is 3.53. The van der Waals surface area contributed by atoms with E-state index in [4.69, 9.17) is 14.2 Å². The lowest BCUT2D eigenvalue weighted by Crippen LogP contribution is -2.49. The Morgan fingerprint density at radius 3 is 2.73 bits per heavy atom. The summed E-state index contributed by atoms with van der Waals surface area (Å²) in [6.45, 7) is 5.59. The Morgan fingerprint density at radius 2 is 2.05 bits per heavy atom. The average Bonchev–Trinajstić information content (AvgIpc) is 2.68. The molecule has 1 unspecified atom stereocenters. The maximum atomic E-state index is 10.7. The molecule has 1 atom stereocenters. The van der Waals surface area contributed by atoms with Crippen molar-refractivity contribution in [3.63, 3.8) is 0 Å². The third kappa shape index (κ3) is 4.34. The SMILES string of the molecule is Cc1sc(C)c2c1OCC(OCCC[N+](C)(C)CC(=O)[O-])O2. The number of rotatable bonds is 7. The van der Waals surface area contributed by atoms with Crippen molar-refractivity contribution in [1.82, 2.24) is 0 Å². The number of carboxylic acids is 1. The molecule has 0 radical (unpaired) electrons. The molecule has 0 aliphatic carbocycles. The lowest BCUT2D eigenvalue weighted by molar-refractivity contribution is -0.885. The molecule has 0 amide bonds. The quantitative estimate of drug-likeness (QED) is 0.544. The molecule has 124 valence electrons. The van der Waals surface area contributed by atoms with Gasteiger partial charge in [0.25, 0.3) is 0 Å². The lowest BCUT2D eigenvalue weighted by Gasteiger charge is -2.30. The first-order valence-corrected chi connectivity index (χ1v) is 8.13. The van der Waals surface area contributed by atoms with Crippen LogP contribution in [0.1, 0.15) is 16.2 Å². The number of carbonyl (C=O) groups is 1. The van der Waals surface area contributed by atoms with E-state index in [0.29, 0.717) is 24.2 Å². The van der Waals surface area contributed by atoms with E-state index in [0.717, 1.165) is 27.7 Å². The molecule has 6 nitrogen and oxygen atoms in total. The number of nitrogens with zero attached hydrogens (tertiary/aromatic N) is 1. The van der Waals surface area contributed by atoms with Crippen LogP contribution in [-0.4, -0.2) is 57.1 Å². The fourth-order valence-electron chi connectivity index (χ4n) is 2.48. The monoisotopic (exact) mass is 329 g/mol. The number of hydrogen-bond acceptors (Lipinski definition) is 6. The summed E-state index contributed by atoms with van der Waals surface area (Å²) < 4.78 is 17.6. The van der Waals surface area contributed by atoms with Crippen molar-refractivity contribution in [2.45, 2.75) is 26.6 Å². The van der Waals surface area contributed by atoms with E-state index in [2.05, 4.69) is 0 Å². The molecule has 7 heteroatoms. The van der Waals surface area contributed by atoms with E-state index < -0.39 is 12.3 Å². The molecule has 22 heavy (non-hydrogen) atoms. The van der Waals surface area contributed by atoms with Gasteiger partial charge in [0.2, 0.25) is 6.29 Å². The molecule has 2 heterocycles. The Kier molecular flexibility index (Phi) is 5.31. The number of carboxylic acid groups (broad SMARTS) is 1. The third-order valence-corrected chi connectivity index (χ3v) is 4.52. The molecule has 1 aromatic heterocycles. The number of quaternary nitrogens is 1. The highest BCUT2D eigenvalue weighted by atomic mass is 32.1. The summed E-state index contributed by atoms with van der Waals surface area (Å²) in [4.78, 5) is 12.9. The van der Waals surface area contributed by atoms with E-state index in [1.54, 1.807) is 11.3 Å². The second-order valence-electron chi connectivity index (χ2n) is 6.14. The first-order valence-electron chi connectivity index (χ1n) is 7.31. The first kappa shape index (κ1) is 17.1. The van der Waals surface area contributed by atoms with Crippen LogP contribution in [0, 0.1) is 13.8 Å². The second kappa shape index (κ2) is 6.85. The van der Waals surface area contributed by atoms with Gasteiger partial charge < -0.3 is 28.6 Å². The van der Waals surface area contributed by atoms with Gasteiger partial charge in [0.1, 0.15) is 6.54 Å². The molecular formula is C15H23NO5S. The zero-order valence-corrected chi connectivity index (χ0v) is 14.3. The zero-order valence-electron chi connectivity index (χ0n) is 13.5. The van der Waals surface area contributed by atoms with Crippen molar-refractivity contribution >= 4 is 17.3 Å². The summed E-state index contributed by atoms with van der Waals surface area (Å²) in [5.74, 6) is 0.576. The normalized spacial score (nSPS) is 17.5. The summed E-state index contributed by atoms with van der Waals surface area (Å²) in [6, 6.07) is 0. The van der Waals surface area contributed by atoms with E-state index in [-0.39, 0.29) is 6.54 Å². The molecule has 1 aliphatic heterocycles. The number of ether oxygens (including phenoxy) is 3. The van der Waals surface area contributed by atoms with Crippen molar-refractivity contribution in [2.24, 2.45) is 0 Å². The first-order chi connectivity index (χ1) is 10.3. The number of fused-ring (bicyclic) bond motifs is 1. The van der Waals surface area contributed by atoms with E-state index in [9.17, 15) is 9.90 Å². The summed E-state index contributed by atoms with van der Waals surface area (Å²) in [7, 11) is 3.72. The Labute approximate surface area is 134 Å². The van der Waals surface area contributed by atoms with Crippen LogP contribution in [0.5, 0.6) is 11.5 Å². The smallest absolute Gasteiger partial charge is 0.234 e. The molecule has 0 N–H and O–H groups in total. The van der Waals surface area contributed by atoms with Crippen molar-refractivity contribution in [2.75, 3.05) is 40.4 Å². The number of hydrogen-bond donors (Lipinski definition) is 0. The zero-order chi connectivity index (χ0) is 16.3. The van der Waals surface area contributed by atoms with Gasteiger partial charge in [-0.3, -0.25) is 0 Å². The number of likely N-dealkylation sites (N-methyl/N-ethyl adjacent to an activating group) is 1. The predicted molar refractivity (Wildman–Crippen MR) is 81.1 cm³/mol. The molecule has 1 aliphatic rings.